The Bertz CT molecular complexity index is 2740. The van der Waals surface area contributed by atoms with Crippen LogP contribution in [0.25, 0.3) is 49.2 Å². The highest BCUT2D eigenvalue weighted by Gasteiger charge is 2.29. The fourth-order valence-corrected chi connectivity index (χ4v) is 8.19. The molecule has 3 nitrogen and oxygen atoms in total. The van der Waals surface area contributed by atoms with Crippen LogP contribution >= 0.6 is 0 Å². The fourth-order valence-electron chi connectivity index (χ4n) is 8.19. The van der Waals surface area contributed by atoms with E-state index in [-0.39, 0.29) is 32.9 Å². The molecule has 7 aromatic rings. The highest BCUT2D eigenvalue weighted by molar-refractivity contribution is 6.22. The van der Waals surface area contributed by atoms with E-state index in [0.717, 1.165) is 99.3 Å². The fraction of sp³-hybridized carbons (Fsp3) is 0.373. The third-order valence-electron chi connectivity index (χ3n) is 11.8. The van der Waals surface area contributed by atoms with Crippen LogP contribution in [0.2, 0.25) is 0 Å². The number of fused-ring (bicyclic) bond motifs is 5. The first-order chi connectivity index (χ1) is 24.9. The molecule has 0 fully saturated rings. The predicted molar refractivity (Wildman–Crippen MR) is 232 cm³/mol. The molecule has 54 heavy (non-hydrogen) atoms. The lowest BCUT2D eigenvalue weighted by molar-refractivity contribution is 0.103. The number of hydrogen-bond donors (Lipinski definition) is 0. The van der Waals surface area contributed by atoms with Crippen LogP contribution in [0.5, 0.6) is 0 Å². The Balaban J connectivity index is 1.65. The molecule has 2 aromatic heterocycles. The van der Waals surface area contributed by atoms with E-state index in [2.05, 4.69) is 174 Å². The van der Waals surface area contributed by atoms with Gasteiger partial charge in [-0.1, -0.05) is 113 Å². The molecule has 0 amide bonds. The van der Waals surface area contributed by atoms with Crippen LogP contribution in [0.15, 0.2) is 77.6 Å². The SMILES string of the molecule is Cc1ccc(C(C)(C)C)cc1C(=O)c1cc(C(C)(C)C)cc(-c2c(C)ccc3c2c2cc(C(C)(C)C)cc4c(=O)c5cc(C(C)(C)C)ccc5n3c42)c1C. The molecule has 0 aliphatic heterocycles. The molecule has 0 aliphatic carbocycles. The zero-order chi connectivity index (χ0) is 39.6. The van der Waals surface area contributed by atoms with Gasteiger partial charge in [0.05, 0.1) is 16.6 Å². The summed E-state index contributed by atoms with van der Waals surface area (Å²) in [5, 5.41) is 3.69. The maximum Gasteiger partial charge on any atom is 0.197 e. The summed E-state index contributed by atoms with van der Waals surface area (Å²) in [6.45, 7) is 32.8. The average Bonchev–Trinajstić information content (AvgIpc) is 3.39. The van der Waals surface area contributed by atoms with Gasteiger partial charge in [0.15, 0.2) is 11.2 Å². The van der Waals surface area contributed by atoms with Gasteiger partial charge in [0.2, 0.25) is 0 Å². The summed E-state index contributed by atoms with van der Waals surface area (Å²) in [5.74, 6) is 0.0557. The molecule has 3 heteroatoms. The van der Waals surface area contributed by atoms with E-state index in [4.69, 9.17) is 0 Å². The molecule has 278 valence electrons. The first-order valence-electron chi connectivity index (χ1n) is 19.5. The number of carbonyl (C=O) groups is 1. The number of benzene rings is 5. The van der Waals surface area contributed by atoms with Gasteiger partial charge < -0.3 is 4.40 Å². The molecule has 5 aromatic carbocycles. The molecule has 0 saturated heterocycles. The zero-order valence-electron chi connectivity index (χ0n) is 35.2. The van der Waals surface area contributed by atoms with Crippen molar-refractivity contribution in [3.63, 3.8) is 0 Å². The molecular formula is C51H57NO2. The van der Waals surface area contributed by atoms with Crippen LogP contribution in [0.3, 0.4) is 0 Å². The Morgan fingerprint density at radius 3 is 1.59 bits per heavy atom. The topological polar surface area (TPSA) is 38.5 Å². The van der Waals surface area contributed by atoms with Crippen LogP contribution < -0.4 is 5.43 Å². The summed E-state index contributed by atoms with van der Waals surface area (Å²) in [5.41, 5.74) is 13.8. The summed E-state index contributed by atoms with van der Waals surface area (Å²) in [6, 6.07) is 26.1. The monoisotopic (exact) mass is 715 g/mol. The molecular weight excluding hydrogens is 659 g/mol. The number of aromatic nitrogens is 1. The Morgan fingerprint density at radius 2 is 0.981 bits per heavy atom. The first-order valence-corrected chi connectivity index (χ1v) is 19.5. The quantitative estimate of drug-likeness (QED) is 0.135. The number of carbonyl (C=O) groups excluding carboxylic acids is 1. The summed E-state index contributed by atoms with van der Waals surface area (Å²) >= 11 is 0. The Kier molecular flexibility index (Phi) is 8.43. The molecule has 0 saturated carbocycles. The summed E-state index contributed by atoms with van der Waals surface area (Å²) < 4.78 is 2.33. The minimum atomic E-state index is -0.207. The van der Waals surface area contributed by atoms with E-state index in [0.29, 0.717) is 0 Å². The van der Waals surface area contributed by atoms with Crippen molar-refractivity contribution in [2.45, 2.75) is 126 Å². The van der Waals surface area contributed by atoms with Crippen molar-refractivity contribution in [3.05, 3.63) is 133 Å². The van der Waals surface area contributed by atoms with Gasteiger partial charge in [-0.3, -0.25) is 9.59 Å². The number of aryl methyl sites for hydroxylation is 2. The molecule has 2 heterocycles. The van der Waals surface area contributed by atoms with Crippen molar-refractivity contribution < 1.29 is 4.79 Å². The van der Waals surface area contributed by atoms with Crippen LogP contribution in [-0.2, 0) is 21.7 Å². The first kappa shape index (κ1) is 37.6. The molecule has 7 rings (SSSR count). The molecule has 0 aliphatic rings. The second kappa shape index (κ2) is 12.1. The van der Waals surface area contributed by atoms with Gasteiger partial charge in [0.25, 0.3) is 0 Å². The smallest absolute Gasteiger partial charge is 0.197 e. The number of rotatable bonds is 3. The number of hydrogen-bond acceptors (Lipinski definition) is 2. The average molecular weight is 716 g/mol. The zero-order valence-corrected chi connectivity index (χ0v) is 35.2. The maximum atomic E-state index is 14.9. The van der Waals surface area contributed by atoms with Crippen molar-refractivity contribution in [2.75, 3.05) is 0 Å². The lowest BCUT2D eigenvalue weighted by atomic mass is 9.79. The van der Waals surface area contributed by atoms with Crippen molar-refractivity contribution in [2.24, 2.45) is 0 Å². The maximum absolute atomic E-state index is 14.9. The summed E-state index contributed by atoms with van der Waals surface area (Å²) in [6.07, 6.45) is 0. The molecule has 0 unspecified atom stereocenters. The Labute approximate surface area is 321 Å². The number of pyridine rings is 1. The molecule has 0 bridgehead atoms. The minimum absolute atomic E-state index is 0.0557. The highest BCUT2D eigenvalue weighted by atomic mass is 16.1. The standard InChI is InChI=1S/C51H57NO2/c1-28-16-18-31(48(4,5)6)22-35(28)46(53)37-25-33(50(10,11)12)24-36(30(37)3)43-29(2)17-20-42-44(43)39-26-34(51(13,14)15)27-40-45(39)52(42)41-21-19-32(49(7,8)9)23-38(41)47(40)54/h16-27H,1-15H3. The van der Waals surface area contributed by atoms with Gasteiger partial charge in [-0.25, -0.2) is 0 Å². The van der Waals surface area contributed by atoms with Gasteiger partial charge in [-0.2, -0.15) is 0 Å². The lowest BCUT2D eigenvalue weighted by Gasteiger charge is -2.25. The van der Waals surface area contributed by atoms with Gasteiger partial charge >= 0.3 is 0 Å². The third kappa shape index (κ3) is 5.95. The molecule has 0 spiro atoms. The second-order valence-corrected chi connectivity index (χ2v) is 20.0. The van der Waals surface area contributed by atoms with Crippen molar-refractivity contribution in [3.8, 4) is 11.1 Å². The van der Waals surface area contributed by atoms with E-state index >= 15 is 0 Å². The van der Waals surface area contributed by atoms with E-state index in [1.54, 1.807) is 0 Å². The van der Waals surface area contributed by atoms with Crippen LogP contribution in [0.4, 0.5) is 0 Å². The van der Waals surface area contributed by atoms with E-state index in [1.807, 2.05) is 6.92 Å². The molecule has 0 N–H and O–H groups in total. The van der Waals surface area contributed by atoms with Crippen LogP contribution in [0, 0.1) is 20.8 Å². The molecule has 0 atom stereocenters. The van der Waals surface area contributed by atoms with E-state index < -0.39 is 0 Å². The predicted octanol–water partition coefficient (Wildman–Crippen LogP) is 13.2. The van der Waals surface area contributed by atoms with Gasteiger partial charge in [-0.05, 0) is 135 Å². The van der Waals surface area contributed by atoms with Gasteiger partial charge in [0.1, 0.15) is 0 Å². The van der Waals surface area contributed by atoms with Gasteiger partial charge in [-0.15, -0.1) is 0 Å². The number of ketones is 1. The highest BCUT2D eigenvalue weighted by Crippen LogP contribution is 2.45. The van der Waals surface area contributed by atoms with E-state index in [9.17, 15) is 9.59 Å². The second-order valence-electron chi connectivity index (χ2n) is 20.0. The van der Waals surface area contributed by atoms with Crippen molar-refractivity contribution in [1.29, 1.82) is 0 Å². The van der Waals surface area contributed by atoms with Crippen molar-refractivity contribution >= 4 is 43.9 Å². The van der Waals surface area contributed by atoms with Crippen LogP contribution in [-0.4, -0.2) is 10.2 Å². The lowest BCUT2D eigenvalue weighted by Crippen LogP contribution is -2.16. The molecule has 0 radical (unpaired) electrons. The largest absolute Gasteiger partial charge is 0.308 e. The minimum Gasteiger partial charge on any atom is -0.308 e. The van der Waals surface area contributed by atoms with Gasteiger partial charge in [0, 0.05) is 32.7 Å². The normalized spacial score (nSPS) is 13.2. The van der Waals surface area contributed by atoms with Crippen molar-refractivity contribution in [1.82, 2.24) is 4.40 Å². The summed E-state index contributed by atoms with van der Waals surface area (Å²) in [7, 11) is 0. The third-order valence-corrected chi connectivity index (χ3v) is 11.8. The summed E-state index contributed by atoms with van der Waals surface area (Å²) in [4.78, 5) is 29.6. The van der Waals surface area contributed by atoms with Crippen LogP contribution in [0.1, 0.15) is 138 Å². The van der Waals surface area contributed by atoms with E-state index in [1.165, 1.54) is 0 Å². The number of nitrogens with zero attached hydrogens (tertiary/aromatic N) is 1. The Morgan fingerprint density at radius 1 is 0.500 bits per heavy atom. The Hall–Kier alpha value is -4.76.